The van der Waals surface area contributed by atoms with Gasteiger partial charge in [-0.3, -0.25) is 4.79 Å². The Labute approximate surface area is 110 Å². The molecule has 4 atom stereocenters. The summed E-state index contributed by atoms with van der Waals surface area (Å²) in [5.74, 6) is 1.11. The van der Waals surface area contributed by atoms with Crippen LogP contribution in [0.25, 0.3) is 0 Å². The zero-order chi connectivity index (χ0) is 13.0. The largest absolute Gasteiger partial charge is 0.352 e. The van der Waals surface area contributed by atoms with Crippen molar-refractivity contribution in [3.8, 4) is 0 Å². The van der Waals surface area contributed by atoms with Gasteiger partial charge in [0.2, 0.25) is 5.91 Å². The lowest BCUT2D eigenvalue weighted by Crippen LogP contribution is -2.48. The van der Waals surface area contributed by atoms with Gasteiger partial charge in [0.25, 0.3) is 0 Å². The Morgan fingerprint density at radius 2 is 2.11 bits per heavy atom. The van der Waals surface area contributed by atoms with Gasteiger partial charge in [-0.15, -0.1) is 0 Å². The Bertz CT molecular complexity index is 366. The minimum atomic E-state index is 0.223. The number of carbonyl (C=O) groups is 1. The normalized spacial score (nSPS) is 45.5. The van der Waals surface area contributed by atoms with Crippen LogP contribution in [0.4, 0.5) is 0 Å². The van der Waals surface area contributed by atoms with Crippen LogP contribution in [-0.2, 0) is 4.79 Å². The number of hydrogen-bond donors (Lipinski definition) is 2. The van der Waals surface area contributed by atoms with Crippen molar-refractivity contribution < 1.29 is 4.79 Å². The van der Waals surface area contributed by atoms with Crippen molar-refractivity contribution in [1.82, 2.24) is 10.6 Å². The van der Waals surface area contributed by atoms with E-state index in [9.17, 15) is 4.79 Å². The van der Waals surface area contributed by atoms with E-state index in [0.717, 1.165) is 18.9 Å². The van der Waals surface area contributed by atoms with Crippen LogP contribution in [0.1, 0.15) is 52.9 Å². The molecule has 3 nitrogen and oxygen atoms in total. The number of fused-ring (bicyclic) bond motifs is 2. The maximum Gasteiger partial charge on any atom is 0.220 e. The Kier molecular flexibility index (Phi) is 2.74. The van der Waals surface area contributed by atoms with Crippen LogP contribution in [0.3, 0.4) is 0 Å². The zero-order valence-electron chi connectivity index (χ0n) is 11.9. The monoisotopic (exact) mass is 250 g/mol. The number of nitrogens with one attached hydrogen (secondary N) is 2. The van der Waals surface area contributed by atoms with Gasteiger partial charge in [-0.2, -0.15) is 0 Å². The van der Waals surface area contributed by atoms with E-state index in [-0.39, 0.29) is 5.91 Å². The Balaban J connectivity index is 1.60. The second-order valence-electron chi connectivity index (χ2n) is 7.37. The number of rotatable bonds is 3. The summed E-state index contributed by atoms with van der Waals surface area (Å²) in [6.07, 6.45) is 5.80. The van der Waals surface area contributed by atoms with E-state index in [0.29, 0.717) is 29.3 Å². The quantitative estimate of drug-likeness (QED) is 0.805. The molecule has 3 fully saturated rings. The van der Waals surface area contributed by atoms with E-state index < -0.39 is 0 Å². The summed E-state index contributed by atoms with van der Waals surface area (Å²) >= 11 is 0. The maximum atomic E-state index is 11.2. The standard InChI is InChI=1S/C15H26N2O/c1-14(2)10-6-7-15(14,3)12(8-10)16-9-11-4-5-13(18)17-11/h10-12,16H,4-9H2,1-3H3,(H,17,18). The van der Waals surface area contributed by atoms with Gasteiger partial charge in [-0.25, -0.2) is 0 Å². The van der Waals surface area contributed by atoms with Crippen molar-refractivity contribution >= 4 is 5.91 Å². The van der Waals surface area contributed by atoms with E-state index >= 15 is 0 Å². The molecule has 1 aliphatic heterocycles. The molecule has 102 valence electrons. The van der Waals surface area contributed by atoms with Gasteiger partial charge in [0.1, 0.15) is 0 Å². The fourth-order valence-corrected chi connectivity index (χ4v) is 4.63. The van der Waals surface area contributed by atoms with Crippen LogP contribution in [0, 0.1) is 16.7 Å². The van der Waals surface area contributed by atoms with Crippen molar-refractivity contribution in [2.45, 2.75) is 65.0 Å². The summed E-state index contributed by atoms with van der Waals surface area (Å²) in [5.41, 5.74) is 0.921. The van der Waals surface area contributed by atoms with E-state index in [2.05, 4.69) is 31.4 Å². The molecule has 1 amide bonds. The molecule has 1 heterocycles. The highest BCUT2D eigenvalue weighted by Gasteiger charge is 2.61. The highest BCUT2D eigenvalue weighted by atomic mass is 16.1. The third-order valence-electron chi connectivity index (χ3n) is 6.49. The smallest absolute Gasteiger partial charge is 0.220 e. The molecule has 2 bridgehead atoms. The second kappa shape index (κ2) is 3.96. The molecule has 2 saturated carbocycles. The van der Waals surface area contributed by atoms with Crippen molar-refractivity contribution in [2.24, 2.45) is 16.7 Å². The summed E-state index contributed by atoms with van der Waals surface area (Å²) < 4.78 is 0. The average Bonchev–Trinajstić information content (AvgIpc) is 2.87. The molecule has 4 unspecified atom stereocenters. The first-order valence-corrected chi connectivity index (χ1v) is 7.46. The van der Waals surface area contributed by atoms with Crippen molar-refractivity contribution in [1.29, 1.82) is 0 Å². The van der Waals surface area contributed by atoms with Crippen LogP contribution in [0.2, 0.25) is 0 Å². The predicted molar refractivity (Wildman–Crippen MR) is 72.2 cm³/mol. The van der Waals surface area contributed by atoms with Crippen LogP contribution in [0.5, 0.6) is 0 Å². The molecule has 0 spiro atoms. The van der Waals surface area contributed by atoms with Crippen LogP contribution < -0.4 is 10.6 Å². The van der Waals surface area contributed by atoms with E-state index in [1.807, 2.05) is 0 Å². The molecule has 1 saturated heterocycles. The molecule has 0 aromatic carbocycles. The lowest BCUT2D eigenvalue weighted by atomic mass is 9.69. The summed E-state index contributed by atoms with van der Waals surface area (Å²) in [6, 6.07) is 1.01. The van der Waals surface area contributed by atoms with Crippen LogP contribution >= 0.6 is 0 Å². The summed E-state index contributed by atoms with van der Waals surface area (Å²) in [6.45, 7) is 8.31. The fourth-order valence-electron chi connectivity index (χ4n) is 4.63. The minimum Gasteiger partial charge on any atom is -0.352 e. The molecule has 2 N–H and O–H groups in total. The molecule has 3 heteroatoms. The SMILES string of the molecule is CC1(C)C2CCC1(C)C(NCC1CCC(=O)N1)C2. The van der Waals surface area contributed by atoms with Gasteiger partial charge in [0.05, 0.1) is 0 Å². The maximum absolute atomic E-state index is 11.2. The molecular weight excluding hydrogens is 224 g/mol. The van der Waals surface area contributed by atoms with E-state index in [1.54, 1.807) is 0 Å². The van der Waals surface area contributed by atoms with Gasteiger partial charge in [-0.05, 0) is 42.4 Å². The minimum absolute atomic E-state index is 0.223. The highest BCUT2D eigenvalue weighted by molar-refractivity contribution is 5.78. The number of hydrogen-bond acceptors (Lipinski definition) is 2. The zero-order valence-corrected chi connectivity index (χ0v) is 11.9. The first kappa shape index (κ1) is 12.5. The van der Waals surface area contributed by atoms with Gasteiger partial charge in [-0.1, -0.05) is 20.8 Å². The molecule has 0 aromatic heterocycles. The second-order valence-corrected chi connectivity index (χ2v) is 7.37. The van der Waals surface area contributed by atoms with E-state index in [1.165, 1.54) is 19.3 Å². The summed E-state index contributed by atoms with van der Waals surface area (Å²) in [7, 11) is 0. The predicted octanol–water partition coefficient (Wildman–Crippen LogP) is 2.07. The Morgan fingerprint density at radius 3 is 2.61 bits per heavy atom. The highest BCUT2D eigenvalue weighted by Crippen LogP contribution is 2.65. The van der Waals surface area contributed by atoms with Crippen molar-refractivity contribution in [3.05, 3.63) is 0 Å². The lowest BCUT2D eigenvalue weighted by Gasteiger charge is -2.40. The van der Waals surface area contributed by atoms with Crippen molar-refractivity contribution in [3.63, 3.8) is 0 Å². The van der Waals surface area contributed by atoms with Gasteiger partial charge >= 0.3 is 0 Å². The summed E-state index contributed by atoms with van der Waals surface area (Å²) in [5, 5.41) is 6.81. The topological polar surface area (TPSA) is 41.1 Å². The molecule has 3 aliphatic rings. The Hall–Kier alpha value is -0.570. The fraction of sp³-hybridized carbons (Fsp3) is 0.933. The molecule has 0 aromatic rings. The Morgan fingerprint density at radius 1 is 1.33 bits per heavy atom. The average molecular weight is 250 g/mol. The lowest BCUT2D eigenvalue weighted by molar-refractivity contribution is -0.119. The van der Waals surface area contributed by atoms with Crippen LogP contribution in [-0.4, -0.2) is 24.5 Å². The summed E-state index contributed by atoms with van der Waals surface area (Å²) in [4.78, 5) is 11.2. The van der Waals surface area contributed by atoms with Crippen LogP contribution in [0.15, 0.2) is 0 Å². The first-order chi connectivity index (χ1) is 8.43. The number of carbonyl (C=O) groups excluding carboxylic acids is 1. The van der Waals surface area contributed by atoms with Gasteiger partial charge in [0, 0.05) is 25.0 Å². The number of amides is 1. The molecule has 18 heavy (non-hydrogen) atoms. The van der Waals surface area contributed by atoms with Gasteiger partial charge in [0.15, 0.2) is 0 Å². The van der Waals surface area contributed by atoms with Crippen molar-refractivity contribution in [2.75, 3.05) is 6.54 Å². The molecule has 0 radical (unpaired) electrons. The van der Waals surface area contributed by atoms with Gasteiger partial charge < -0.3 is 10.6 Å². The third-order valence-corrected chi connectivity index (χ3v) is 6.49. The first-order valence-electron chi connectivity index (χ1n) is 7.46. The molecular formula is C15H26N2O. The molecule has 2 aliphatic carbocycles. The molecule has 3 rings (SSSR count). The van der Waals surface area contributed by atoms with E-state index in [4.69, 9.17) is 0 Å². The third kappa shape index (κ3) is 1.63.